The quantitative estimate of drug-likeness (QED) is 0.827. The first-order valence-electron chi connectivity index (χ1n) is 5.05. The number of sulfonamides is 1. The second kappa shape index (κ2) is 6.62. The fraction of sp³-hybridized carbons (Fsp3) is 0.455. The molecule has 1 aromatic carbocycles. The average Bonchev–Trinajstić information content (AvgIpc) is 2.17. The molecule has 1 atom stereocenters. The van der Waals surface area contributed by atoms with Gasteiger partial charge in [-0.05, 0) is 31.9 Å². The standard InChI is InChI=1S/C7H9NO2S.C4H10O/c1-6-4-2-3-5-7(6)11(8,9)10;1-3-4(2)5/h2-5H,1H3,(H2,8,9,10);4-5H,3H2,1-2H3. The maximum Gasteiger partial charge on any atom is 0.238 e. The van der Waals surface area contributed by atoms with E-state index in [1.807, 2.05) is 6.92 Å². The molecular weight excluding hydrogens is 226 g/mol. The molecule has 0 saturated carbocycles. The van der Waals surface area contributed by atoms with Crippen molar-refractivity contribution < 1.29 is 13.5 Å². The van der Waals surface area contributed by atoms with Crippen LogP contribution in [0.5, 0.6) is 0 Å². The Morgan fingerprint density at radius 3 is 2.06 bits per heavy atom. The minimum absolute atomic E-state index is 0.116. The third kappa shape index (κ3) is 5.85. The van der Waals surface area contributed by atoms with Gasteiger partial charge in [-0.25, -0.2) is 13.6 Å². The first kappa shape index (κ1) is 15.1. The molecule has 0 saturated heterocycles. The van der Waals surface area contributed by atoms with Crippen molar-refractivity contribution in [3.63, 3.8) is 0 Å². The summed E-state index contributed by atoms with van der Waals surface area (Å²) in [5.74, 6) is 0. The lowest BCUT2D eigenvalue weighted by Crippen LogP contribution is -2.13. The molecule has 0 aliphatic heterocycles. The van der Waals surface area contributed by atoms with Crippen molar-refractivity contribution in [1.29, 1.82) is 0 Å². The van der Waals surface area contributed by atoms with Crippen LogP contribution in [0.15, 0.2) is 29.2 Å². The molecule has 0 heterocycles. The normalized spacial score (nSPS) is 12.6. The van der Waals surface area contributed by atoms with Crippen LogP contribution in [-0.4, -0.2) is 19.6 Å². The number of aryl methyl sites for hydroxylation is 1. The van der Waals surface area contributed by atoms with E-state index in [1.165, 1.54) is 6.07 Å². The number of hydrogen-bond acceptors (Lipinski definition) is 3. The van der Waals surface area contributed by atoms with Gasteiger partial charge in [0.15, 0.2) is 0 Å². The number of rotatable bonds is 2. The third-order valence-corrected chi connectivity index (χ3v) is 3.06. The van der Waals surface area contributed by atoms with Crippen molar-refractivity contribution in [2.24, 2.45) is 5.14 Å². The molecule has 92 valence electrons. The Morgan fingerprint density at radius 2 is 1.81 bits per heavy atom. The Hall–Kier alpha value is -0.910. The molecule has 4 nitrogen and oxygen atoms in total. The van der Waals surface area contributed by atoms with Crippen LogP contribution in [-0.2, 0) is 10.0 Å². The number of primary sulfonamides is 1. The minimum atomic E-state index is -3.53. The number of aliphatic hydroxyl groups excluding tert-OH is 1. The van der Waals surface area contributed by atoms with E-state index in [0.29, 0.717) is 5.56 Å². The number of benzene rings is 1. The molecule has 0 aliphatic carbocycles. The van der Waals surface area contributed by atoms with Gasteiger partial charge < -0.3 is 5.11 Å². The van der Waals surface area contributed by atoms with Crippen LogP contribution in [0.2, 0.25) is 0 Å². The van der Waals surface area contributed by atoms with Gasteiger partial charge in [-0.2, -0.15) is 0 Å². The van der Waals surface area contributed by atoms with Gasteiger partial charge in [-0.1, -0.05) is 25.1 Å². The van der Waals surface area contributed by atoms with E-state index < -0.39 is 10.0 Å². The van der Waals surface area contributed by atoms with Crippen LogP contribution in [0.3, 0.4) is 0 Å². The molecule has 0 amide bonds. The molecule has 1 aromatic rings. The molecule has 0 aromatic heterocycles. The van der Waals surface area contributed by atoms with Crippen LogP contribution in [0.25, 0.3) is 0 Å². The molecule has 16 heavy (non-hydrogen) atoms. The summed E-state index contributed by atoms with van der Waals surface area (Å²) < 4.78 is 21.7. The minimum Gasteiger partial charge on any atom is -0.393 e. The van der Waals surface area contributed by atoms with Gasteiger partial charge in [0.1, 0.15) is 0 Å². The van der Waals surface area contributed by atoms with Crippen LogP contribution in [0.1, 0.15) is 25.8 Å². The highest BCUT2D eigenvalue weighted by Gasteiger charge is 2.08. The largest absolute Gasteiger partial charge is 0.393 e. The highest BCUT2D eigenvalue weighted by molar-refractivity contribution is 7.89. The lowest BCUT2D eigenvalue weighted by atomic mass is 10.2. The van der Waals surface area contributed by atoms with Gasteiger partial charge in [-0.3, -0.25) is 0 Å². The lowest BCUT2D eigenvalue weighted by Gasteiger charge is -2.00. The number of hydrogen-bond donors (Lipinski definition) is 2. The summed E-state index contributed by atoms with van der Waals surface area (Å²) in [6.45, 7) is 5.43. The average molecular weight is 245 g/mol. The van der Waals surface area contributed by atoms with Crippen molar-refractivity contribution in [3.05, 3.63) is 29.8 Å². The molecule has 0 bridgehead atoms. The van der Waals surface area contributed by atoms with Crippen molar-refractivity contribution in [2.75, 3.05) is 0 Å². The van der Waals surface area contributed by atoms with Crippen LogP contribution < -0.4 is 5.14 Å². The predicted molar refractivity (Wildman–Crippen MR) is 64.5 cm³/mol. The highest BCUT2D eigenvalue weighted by atomic mass is 32.2. The molecular formula is C11H19NO3S. The topological polar surface area (TPSA) is 80.4 Å². The zero-order valence-corrected chi connectivity index (χ0v) is 10.7. The van der Waals surface area contributed by atoms with Gasteiger partial charge in [0.25, 0.3) is 0 Å². The molecule has 0 radical (unpaired) electrons. The molecule has 0 spiro atoms. The zero-order chi connectivity index (χ0) is 12.8. The third-order valence-electron chi connectivity index (χ3n) is 1.99. The molecule has 1 unspecified atom stereocenters. The zero-order valence-electron chi connectivity index (χ0n) is 9.84. The number of nitrogens with two attached hydrogens (primary N) is 1. The Bertz CT molecular complexity index is 413. The van der Waals surface area contributed by atoms with Crippen molar-refractivity contribution in [2.45, 2.75) is 38.2 Å². The van der Waals surface area contributed by atoms with Gasteiger partial charge in [0, 0.05) is 0 Å². The summed E-state index contributed by atoms with van der Waals surface area (Å²) in [6, 6.07) is 6.61. The fourth-order valence-electron chi connectivity index (χ4n) is 0.876. The lowest BCUT2D eigenvalue weighted by molar-refractivity contribution is 0.191. The van der Waals surface area contributed by atoms with E-state index in [2.05, 4.69) is 0 Å². The smallest absolute Gasteiger partial charge is 0.238 e. The Labute approximate surface area is 97.2 Å². The monoisotopic (exact) mass is 245 g/mol. The van der Waals surface area contributed by atoms with E-state index in [-0.39, 0.29) is 11.0 Å². The van der Waals surface area contributed by atoms with Crippen LogP contribution in [0, 0.1) is 6.92 Å². The maximum atomic E-state index is 10.8. The Balaban J connectivity index is 0.000000385. The Kier molecular flexibility index (Phi) is 6.25. The van der Waals surface area contributed by atoms with Crippen molar-refractivity contribution in [3.8, 4) is 0 Å². The number of aliphatic hydroxyl groups is 1. The van der Waals surface area contributed by atoms with Gasteiger partial charge in [0.2, 0.25) is 10.0 Å². The maximum absolute atomic E-state index is 10.8. The van der Waals surface area contributed by atoms with Crippen molar-refractivity contribution >= 4 is 10.0 Å². The second-order valence-electron chi connectivity index (χ2n) is 3.57. The van der Waals surface area contributed by atoms with Crippen LogP contribution in [0.4, 0.5) is 0 Å². The molecule has 0 fully saturated rings. The predicted octanol–water partition coefficient (Wildman–Crippen LogP) is 1.42. The van der Waals surface area contributed by atoms with Gasteiger partial charge in [0.05, 0.1) is 11.0 Å². The fourth-order valence-corrected chi connectivity index (χ4v) is 1.66. The van der Waals surface area contributed by atoms with Crippen LogP contribution >= 0.6 is 0 Å². The van der Waals surface area contributed by atoms with E-state index >= 15 is 0 Å². The van der Waals surface area contributed by atoms with E-state index in [0.717, 1.165) is 6.42 Å². The van der Waals surface area contributed by atoms with E-state index in [1.54, 1.807) is 32.0 Å². The van der Waals surface area contributed by atoms with E-state index in [9.17, 15) is 8.42 Å². The summed E-state index contributed by atoms with van der Waals surface area (Å²) in [5, 5.41) is 13.3. The summed E-state index contributed by atoms with van der Waals surface area (Å²) >= 11 is 0. The summed E-state index contributed by atoms with van der Waals surface area (Å²) in [7, 11) is -3.53. The molecule has 3 N–H and O–H groups in total. The second-order valence-corrected chi connectivity index (χ2v) is 5.10. The summed E-state index contributed by atoms with van der Waals surface area (Å²) in [4.78, 5) is 0.194. The molecule has 1 rings (SSSR count). The molecule has 0 aliphatic rings. The SMILES string of the molecule is CCC(C)O.Cc1ccccc1S(N)(=O)=O. The van der Waals surface area contributed by atoms with E-state index in [4.69, 9.17) is 10.2 Å². The summed E-state index contributed by atoms with van der Waals surface area (Å²) in [6.07, 6.45) is 0.745. The summed E-state index contributed by atoms with van der Waals surface area (Å²) in [5.41, 5.74) is 0.676. The van der Waals surface area contributed by atoms with Gasteiger partial charge >= 0.3 is 0 Å². The highest BCUT2D eigenvalue weighted by Crippen LogP contribution is 2.10. The van der Waals surface area contributed by atoms with Gasteiger partial charge in [-0.15, -0.1) is 0 Å². The van der Waals surface area contributed by atoms with Crippen molar-refractivity contribution in [1.82, 2.24) is 0 Å². The first-order valence-corrected chi connectivity index (χ1v) is 6.60. The molecule has 5 heteroatoms. The Morgan fingerprint density at radius 1 is 1.38 bits per heavy atom. The first-order chi connectivity index (χ1) is 7.29.